The summed E-state index contributed by atoms with van der Waals surface area (Å²) in [6, 6.07) is 7.85. The van der Waals surface area contributed by atoms with Gasteiger partial charge >= 0.3 is 0 Å². The van der Waals surface area contributed by atoms with Crippen LogP contribution in [0.3, 0.4) is 0 Å². The van der Waals surface area contributed by atoms with E-state index in [4.69, 9.17) is 21.1 Å². The molecule has 0 aliphatic rings. The third kappa shape index (κ3) is 7.66. The standard InChI is InChI=1S/C13H19ClO2S/c1-11(2)16-8-7-15-9-10-17-13-5-3-12(14)4-6-13/h3-6,11H,7-10H2,1-2H3. The predicted molar refractivity (Wildman–Crippen MR) is 74.1 cm³/mol. The van der Waals surface area contributed by atoms with Crippen molar-refractivity contribution in [1.82, 2.24) is 0 Å². The van der Waals surface area contributed by atoms with Crippen molar-refractivity contribution < 1.29 is 9.47 Å². The van der Waals surface area contributed by atoms with Crippen molar-refractivity contribution in [1.29, 1.82) is 0 Å². The fourth-order valence-electron chi connectivity index (χ4n) is 1.19. The van der Waals surface area contributed by atoms with E-state index in [-0.39, 0.29) is 6.10 Å². The van der Waals surface area contributed by atoms with Crippen molar-refractivity contribution in [2.45, 2.75) is 24.8 Å². The molecule has 1 aromatic rings. The first-order chi connectivity index (χ1) is 8.18. The number of thioether (sulfide) groups is 1. The van der Waals surface area contributed by atoms with E-state index in [0.717, 1.165) is 17.4 Å². The van der Waals surface area contributed by atoms with Crippen LogP contribution in [-0.2, 0) is 9.47 Å². The van der Waals surface area contributed by atoms with Gasteiger partial charge in [0.15, 0.2) is 0 Å². The first-order valence-electron chi connectivity index (χ1n) is 5.76. The largest absolute Gasteiger partial charge is 0.378 e. The highest BCUT2D eigenvalue weighted by Gasteiger charge is 1.96. The number of benzene rings is 1. The topological polar surface area (TPSA) is 18.5 Å². The van der Waals surface area contributed by atoms with E-state index in [9.17, 15) is 0 Å². The first kappa shape index (κ1) is 14.8. The molecule has 0 N–H and O–H groups in total. The molecule has 0 spiro atoms. The van der Waals surface area contributed by atoms with Crippen LogP contribution in [0.4, 0.5) is 0 Å². The minimum Gasteiger partial charge on any atom is -0.378 e. The molecule has 1 aromatic carbocycles. The van der Waals surface area contributed by atoms with Gasteiger partial charge in [0.1, 0.15) is 0 Å². The number of hydrogen-bond donors (Lipinski definition) is 0. The summed E-state index contributed by atoms with van der Waals surface area (Å²) in [5, 5.41) is 0.774. The zero-order chi connectivity index (χ0) is 12.5. The van der Waals surface area contributed by atoms with Gasteiger partial charge in [-0.3, -0.25) is 0 Å². The Balaban J connectivity index is 1.99. The van der Waals surface area contributed by atoms with Crippen molar-refractivity contribution in [2.24, 2.45) is 0 Å². The van der Waals surface area contributed by atoms with Crippen LogP contribution in [0.25, 0.3) is 0 Å². The molecule has 0 amide bonds. The van der Waals surface area contributed by atoms with E-state index in [1.807, 2.05) is 38.1 Å². The molecule has 96 valence electrons. The van der Waals surface area contributed by atoms with Crippen molar-refractivity contribution >= 4 is 23.4 Å². The van der Waals surface area contributed by atoms with Crippen molar-refractivity contribution in [2.75, 3.05) is 25.6 Å². The maximum atomic E-state index is 5.81. The van der Waals surface area contributed by atoms with Crippen LogP contribution >= 0.6 is 23.4 Å². The lowest BCUT2D eigenvalue weighted by atomic mass is 10.4. The van der Waals surface area contributed by atoms with E-state index < -0.39 is 0 Å². The molecule has 0 saturated heterocycles. The fraction of sp³-hybridized carbons (Fsp3) is 0.538. The average Bonchev–Trinajstić information content (AvgIpc) is 2.30. The van der Waals surface area contributed by atoms with Gasteiger partial charge in [0.2, 0.25) is 0 Å². The maximum Gasteiger partial charge on any atom is 0.0703 e. The third-order valence-corrected chi connectivity index (χ3v) is 3.22. The fourth-order valence-corrected chi connectivity index (χ4v) is 2.09. The summed E-state index contributed by atoms with van der Waals surface area (Å²) in [6.45, 7) is 6.13. The molecule has 0 unspecified atom stereocenters. The quantitative estimate of drug-likeness (QED) is 0.530. The number of halogens is 1. The van der Waals surface area contributed by atoms with Crippen LogP contribution in [-0.4, -0.2) is 31.7 Å². The summed E-state index contributed by atoms with van der Waals surface area (Å²) in [4.78, 5) is 1.22. The van der Waals surface area contributed by atoms with Gasteiger partial charge in [-0.1, -0.05) is 11.6 Å². The predicted octanol–water partition coefficient (Wildman–Crippen LogP) is 3.87. The molecule has 17 heavy (non-hydrogen) atoms. The Morgan fingerprint density at radius 1 is 1.12 bits per heavy atom. The van der Waals surface area contributed by atoms with Crippen molar-refractivity contribution in [3.8, 4) is 0 Å². The van der Waals surface area contributed by atoms with E-state index in [0.29, 0.717) is 13.2 Å². The highest BCUT2D eigenvalue weighted by molar-refractivity contribution is 7.99. The van der Waals surface area contributed by atoms with Crippen LogP contribution in [0.15, 0.2) is 29.2 Å². The van der Waals surface area contributed by atoms with Gasteiger partial charge in [0, 0.05) is 15.7 Å². The smallest absolute Gasteiger partial charge is 0.0703 e. The second-order valence-electron chi connectivity index (χ2n) is 3.83. The first-order valence-corrected chi connectivity index (χ1v) is 7.12. The molecule has 0 bridgehead atoms. The lowest BCUT2D eigenvalue weighted by Gasteiger charge is -2.08. The molecule has 0 fully saturated rings. The zero-order valence-corrected chi connectivity index (χ0v) is 11.9. The number of hydrogen-bond acceptors (Lipinski definition) is 3. The Morgan fingerprint density at radius 3 is 2.47 bits per heavy atom. The van der Waals surface area contributed by atoms with Crippen LogP contribution in [0.5, 0.6) is 0 Å². The van der Waals surface area contributed by atoms with Crippen LogP contribution in [0.1, 0.15) is 13.8 Å². The lowest BCUT2D eigenvalue weighted by molar-refractivity contribution is 0.0237. The van der Waals surface area contributed by atoms with Gasteiger partial charge in [-0.2, -0.15) is 0 Å². The molecule has 0 radical (unpaired) electrons. The SMILES string of the molecule is CC(C)OCCOCCSc1ccc(Cl)cc1. The Hall–Kier alpha value is -0.220. The maximum absolute atomic E-state index is 5.81. The van der Waals surface area contributed by atoms with E-state index in [1.54, 1.807) is 11.8 Å². The highest BCUT2D eigenvalue weighted by Crippen LogP contribution is 2.19. The van der Waals surface area contributed by atoms with Crippen molar-refractivity contribution in [3.63, 3.8) is 0 Å². The second kappa shape index (κ2) is 8.81. The van der Waals surface area contributed by atoms with Gasteiger partial charge in [0.05, 0.1) is 25.9 Å². The molecule has 1 rings (SSSR count). The van der Waals surface area contributed by atoms with Gasteiger partial charge < -0.3 is 9.47 Å². The molecule has 0 heterocycles. The molecular weight excluding hydrogens is 256 g/mol. The molecule has 0 atom stereocenters. The van der Waals surface area contributed by atoms with Crippen LogP contribution in [0.2, 0.25) is 5.02 Å². The zero-order valence-electron chi connectivity index (χ0n) is 10.3. The lowest BCUT2D eigenvalue weighted by Crippen LogP contribution is -2.10. The summed E-state index contributed by atoms with van der Waals surface area (Å²) in [7, 11) is 0. The van der Waals surface area contributed by atoms with Crippen molar-refractivity contribution in [3.05, 3.63) is 29.3 Å². The average molecular weight is 275 g/mol. The minimum absolute atomic E-state index is 0.280. The van der Waals surface area contributed by atoms with Gasteiger partial charge in [-0.05, 0) is 38.1 Å². The number of rotatable bonds is 8. The van der Waals surface area contributed by atoms with E-state index in [2.05, 4.69) is 0 Å². The van der Waals surface area contributed by atoms with E-state index in [1.165, 1.54) is 4.90 Å². The molecule has 4 heteroatoms. The number of ether oxygens (including phenoxy) is 2. The summed E-state index contributed by atoms with van der Waals surface area (Å²) in [5.74, 6) is 0.948. The van der Waals surface area contributed by atoms with Crippen LogP contribution in [0, 0.1) is 0 Å². The normalized spacial score (nSPS) is 11.1. The summed E-state index contributed by atoms with van der Waals surface area (Å²) >= 11 is 7.58. The Labute approximate surface area is 113 Å². The molecular formula is C13H19ClO2S. The van der Waals surface area contributed by atoms with Gasteiger partial charge in [0.25, 0.3) is 0 Å². The Bertz CT molecular complexity index is 301. The minimum atomic E-state index is 0.280. The summed E-state index contributed by atoms with van der Waals surface area (Å²) in [6.07, 6.45) is 0.280. The monoisotopic (exact) mass is 274 g/mol. The highest BCUT2D eigenvalue weighted by atomic mass is 35.5. The second-order valence-corrected chi connectivity index (χ2v) is 5.44. The summed E-state index contributed by atoms with van der Waals surface area (Å²) < 4.78 is 10.8. The van der Waals surface area contributed by atoms with Crippen LogP contribution < -0.4 is 0 Å². The molecule has 0 saturated carbocycles. The summed E-state index contributed by atoms with van der Waals surface area (Å²) in [5.41, 5.74) is 0. The third-order valence-electron chi connectivity index (χ3n) is 1.99. The Kier molecular flexibility index (Phi) is 7.69. The molecule has 0 aliphatic heterocycles. The van der Waals surface area contributed by atoms with Gasteiger partial charge in [-0.15, -0.1) is 11.8 Å². The Morgan fingerprint density at radius 2 is 1.82 bits per heavy atom. The van der Waals surface area contributed by atoms with Gasteiger partial charge in [-0.25, -0.2) is 0 Å². The molecule has 0 aromatic heterocycles. The van der Waals surface area contributed by atoms with E-state index >= 15 is 0 Å². The molecule has 0 aliphatic carbocycles. The molecule has 2 nitrogen and oxygen atoms in total.